The fourth-order valence-electron chi connectivity index (χ4n) is 8.43. The third-order valence-corrected chi connectivity index (χ3v) is 13.3. The van der Waals surface area contributed by atoms with Crippen LogP contribution in [0.25, 0.3) is 0 Å². The minimum absolute atomic E-state index is 0.0731. The molecule has 1 spiro atoms. The summed E-state index contributed by atoms with van der Waals surface area (Å²) in [6, 6.07) is 19.9. The van der Waals surface area contributed by atoms with E-state index < -0.39 is 43.5 Å². The second-order valence-electron chi connectivity index (χ2n) is 14.7. The molecule has 0 radical (unpaired) electrons. The van der Waals surface area contributed by atoms with E-state index in [0.717, 1.165) is 11.1 Å². The van der Waals surface area contributed by atoms with Crippen molar-refractivity contribution >= 4 is 43.2 Å². The second kappa shape index (κ2) is 16.1. The topological polar surface area (TPSA) is 141 Å². The number of carbonyl (C=O) groups is 3. The largest absolute Gasteiger partial charge is 0.494 e. The first kappa shape index (κ1) is 38.6. The summed E-state index contributed by atoms with van der Waals surface area (Å²) in [6.45, 7) is 8.16. The molecule has 0 bridgehead atoms. The van der Waals surface area contributed by atoms with E-state index in [4.69, 9.17) is 9.47 Å². The summed E-state index contributed by atoms with van der Waals surface area (Å²) in [5.41, 5.74) is 1.73. The van der Waals surface area contributed by atoms with Crippen molar-refractivity contribution in [2.45, 2.75) is 82.5 Å². The normalized spacial score (nSPS) is 23.6. The standard InChI is InChI=1S/C40H51FN4O7Si/c1-5-51-30-14-16-34-28(21-30)22-33(42-17-9-10-19-46)38(49)45(34)29-13-15-32-31(23-29)40(39(50)43-32)26(2)37(53(3,4)41)35(52-40)24-36(48)44(18-20-47)25-27-11-7-6-8-12-27/h6-8,11-16,21,23,26,33,35,37,42,46-47H,5,9-10,17-20,22,24-25H2,1-4H3,(H,43,50)/t26-,33?,35+,37-,40+/m0/s1. The molecule has 284 valence electrons. The van der Waals surface area contributed by atoms with Crippen LogP contribution in [0.1, 0.15) is 49.8 Å². The minimum Gasteiger partial charge on any atom is -0.494 e. The number of amides is 3. The fourth-order valence-corrected chi connectivity index (χ4v) is 10.9. The van der Waals surface area contributed by atoms with E-state index in [0.29, 0.717) is 60.8 Å². The number of halogens is 1. The number of fused-ring (bicyclic) bond motifs is 3. The minimum atomic E-state index is -3.56. The molecule has 3 aromatic carbocycles. The van der Waals surface area contributed by atoms with Crippen LogP contribution in [0, 0.1) is 5.92 Å². The fraction of sp³-hybridized carbons (Fsp3) is 0.475. The SMILES string of the molecule is CCOc1ccc2c(c1)CC(NCCCCO)C(=O)N2c1ccc2c(c1)[C@@]1(O[C@H](CC(=O)N(CCO)Cc3ccccc3)[C@@H]([Si](C)(C)F)[C@@H]1C)C(=O)N2. The molecule has 53 heavy (non-hydrogen) atoms. The van der Waals surface area contributed by atoms with Gasteiger partial charge in [0, 0.05) is 48.1 Å². The Morgan fingerprint density at radius 3 is 2.57 bits per heavy atom. The maximum absolute atomic E-state index is 16.4. The highest BCUT2D eigenvalue weighted by atomic mass is 28.4. The summed E-state index contributed by atoms with van der Waals surface area (Å²) in [4.78, 5) is 45.5. The average molecular weight is 747 g/mol. The summed E-state index contributed by atoms with van der Waals surface area (Å²) in [7, 11) is -3.56. The van der Waals surface area contributed by atoms with Gasteiger partial charge in [-0.3, -0.25) is 19.3 Å². The van der Waals surface area contributed by atoms with Gasteiger partial charge in [-0.2, -0.15) is 0 Å². The molecule has 1 fully saturated rings. The second-order valence-corrected chi connectivity index (χ2v) is 18.5. The van der Waals surface area contributed by atoms with Crippen molar-refractivity contribution in [2.24, 2.45) is 5.92 Å². The molecule has 4 N–H and O–H groups in total. The molecular weight excluding hydrogens is 696 g/mol. The predicted molar refractivity (Wildman–Crippen MR) is 203 cm³/mol. The molecule has 1 saturated heterocycles. The van der Waals surface area contributed by atoms with E-state index in [9.17, 15) is 24.6 Å². The van der Waals surface area contributed by atoms with Gasteiger partial charge in [0.15, 0.2) is 5.60 Å². The highest BCUT2D eigenvalue weighted by Crippen LogP contribution is 2.59. The van der Waals surface area contributed by atoms with E-state index in [1.165, 1.54) is 0 Å². The average Bonchev–Trinajstić information content (AvgIpc) is 3.58. The molecule has 3 amide bonds. The first-order chi connectivity index (χ1) is 25.4. The number of hydrogen-bond donors (Lipinski definition) is 4. The molecule has 5 atom stereocenters. The summed E-state index contributed by atoms with van der Waals surface area (Å²) >= 11 is 0. The number of anilines is 3. The molecule has 0 aliphatic carbocycles. The van der Waals surface area contributed by atoms with Crippen LogP contribution >= 0.6 is 0 Å². The lowest BCUT2D eigenvalue weighted by Gasteiger charge is -2.36. The van der Waals surface area contributed by atoms with E-state index >= 15 is 4.11 Å². The number of nitrogens with zero attached hydrogens (tertiary/aromatic N) is 2. The van der Waals surface area contributed by atoms with Crippen LogP contribution in [-0.4, -0.2) is 86.3 Å². The Morgan fingerprint density at radius 2 is 1.87 bits per heavy atom. The Bertz CT molecular complexity index is 1810. The van der Waals surface area contributed by atoms with Crippen molar-refractivity contribution in [3.63, 3.8) is 0 Å². The Hall–Kier alpha value is -4.14. The third-order valence-electron chi connectivity index (χ3n) is 10.8. The summed E-state index contributed by atoms with van der Waals surface area (Å²) in [6.07, 6.45) is 0.719. The summed E-state index contributed by atoms with van der Waals surface area (Å²) in [5.74, 6) is -0.836. The quantitative estimate of drug-likeness (QED) is 0.0949. The van der Waals surface area contributed by atoms with E-state index in [1.807, 2.05) is 62.4 Å². The highest BCUT2D eigenvalue weighted by molar-refractivity contribution is 6.72. The van der Waals surface area contributed by atoms with Gasteiger partial charge in [0.05, 0.1) is 37.5 Å². The predicted octanol–water partition coefficient (Wildman–Crippen LogP) is 5.18. The lowest BCUT2D eigenvalue weighted by molar-refractivity contribution is -0.148. The molecule has 0 aromatic heterocycles. The number of nitrogens with one attached hydrogen (secondary N) is 2. The van der Waals surface area contributed by atoms with Gasteiger partial charge in [0.1, 0.15) is 5.75 Å². The maximum atomic E-state index is 16.4. The van der Waals surface area contributed by atoms with Gasteiger partial charge in [0.2, 0.25) is 20.2 Å². The van der Waals surface area contributed by atoms with Crippen LogP contribution in [0.5, 0.6) is 5.75 Å². The summed E-state index contributed by atoms with van der Waals surface area (Å²) in [5, 5.41) is 25.4. The van der Waals surface area contributed by atoms with Crippen LogP contribution < -0.4 is 20.3 Å². The van der Waals surface area contributed by atoms with E-state index in [-0.39, 0.29) is 44.5 Å². The lowest BCUT2D eigenvalue weighted by Crippen LogP contribution is -2.49. The first-order valence-electron chi connectivity index (χ1n) is 18.6. The number of carbonyl (C=O) groups excluding carboxylic acids is 3. The molecule has 11 nitrogen and oxygen atoms in total. The molecule has 13 heteroatoms. The van der Waals surface area contributed by atoms with Gasteiger partial charge in [0.25, 0.3) is 5.91 Å². The van der Waals surface area contributed by atoms with Gasteiger partial charge >= 0.3 is 0 Å². The van der Waals surface area contributed by atoms with Crippen molar-refractivity contribution in [2.75, 3.05) is 43.1 Å². The number of hydrogen-bond acceptors (Lipinski definition) is 8. The van der Waals surface area contributed by atoms with Crippen molar-refractivity contribution in [1.82, 2.24) is 10.2 Å². The molecule has 3 heterocycles. The molecule has 3 aliphatic heterocycles. The van der Waals surface area contributed by atoms with Crippen LogP contribution in [0.2, 0.25) is 18.6 Å². The van der Waals surface area contributed by atoms with Crippen molar-refractivity contribution < 1.29 is 38.2 Å². The van der Waals surface area contributed by atoms with Crippen LogP contribution in [0.15, 0.2) is 66.7 Å². The maximum Gasteiger partial charge on any atom is 0.261 e. The highest BCUT2D eigenvalue weighted by Gasteiger charge is 2.65. The number of rotatable bonds is 15. The number of aliphatic hydroxyl groups excluding tert-OH is 2. The molecule has 3 aliphatic rings. The zero-order chi connectivity index (χ0) is 37.9. The van der Waals surface area contributed by atoms with E-state index in [1.54, 1.807) is 41.1 Å². The van der Waals surface area contributed by atoms with Crippen LogP contribution in [0.4, 0.5) is 21.2 Å². The van der Waals surface area contributed by atoms with Gasteiger partial charge in [-0.05, 0) is 93.4 Å². The third kappa shape index (κ3) is 7.63. The number of aliphatic hydroxyl groups is 2. The van der Waals surface area contributed by atoms with Gasteiger partial charge < -0.3 is 39.3 Å². The molecule has 6 rings (SSSR count). The van der Waals surface area contributed by atoms with Crippen molar-refractivity contribution in [3.05, 3.63) is 83.4 Å². The number of ether oxygens (including phenoxy) is 2. The van der Waals surface area contributed by atoms with Crippen molar-refractivity contribution in [1.29, 1.82) is 0 Å². The van der Waals surface area contributed by atoms with Gasteiger partial charge in [-0.25, -0.2) is 0 Å². The Balaban J connectivity index is 1.36. The smallest absolute Gasteiger partial charge is 0.261 e. The molecule has 3 aromatic rings. The Labute approximate surface area is 311 Å². The van der Waals surface area contributed by atoms with Crippen LogP contribution in [0.3, 0.4) is 0 Å². The Kier molecular flexibility index (Phi) is 11.7. The van der Waals surface area contributed by atoms with E-state index in [2.05, 4.69) is 10.6 Å². The lowest BCUT2D eigenvalue weighted by atomic mass is 9.82. The molecule has 1 unspecified atom stereocenters. The number of benzene rings is 3. The van der Waals surface area contributed by atoms with Crippen molar-refractivity contribution in [3.8, 4) is 5.75 Å². The monoisotopic (exact) mass is 746 g/mol. The van der Waals surface area contributed by atoms with Gasteiger partial charge in [-0.1, -0.05) is 37.3 Å². The Morgan fingerprint density at radius 1 is 1.09 bits per heavy atom. The first-order valence-corrected chi connectivity index (χ1v) is 21.6. The zero-order valence-corrected chi connectivity index (χ0v) is 31.9. The van der Waals surface area contributed by atoms with Crippen LogP contribution in [-0.2, 0) is 37.7 Å². The summed E-state index contributed by atoms with van der Waals surface area (Å²) < 4.78 is 29.0. The number of unbranched alkanes of at least 4 members (excludes halogenated alkanes) is 1. The molecular formula is C40H51FN4O7Si. The molecule has 0 saturated carbocycles. The van der Waals surface area contributed by atoms with Gasteiger partial charge in [-0.15, -0.1) is 0 Å². The zero-order valence-electron chi connectivity index (χ0n) is 30.9.